The molecule has 1 amide bonds. The third-order valence-electron chi connectivity index (χ3n) is 4.36. The Labute approximate surface area is 155 Å². The van der Waals surface area contributed by atoms with E-state index < -0.39 is 28.9 Å². The molecule has 0 radical (unpaired) electrons. The molecule has 0 aliphatic heterocycles. The number of nitrogens with one attached hydrogen (secondary N) is 1. The van der Waals surface area contributed by atoms with Crippen LogP contribution in [0.2, 0.25) is 0 Å². The van der Waals surface area contributed by atoms with Gasteiger partial charge in [0.2, 0.25) is 5.91 Å². The third-order valence-corrected chi connectivity index (χ3v) is 4.36. The molecule has 1 N–H and O–H groups in total. The molecule has 0 unspecified atom stereocenters. The monoisotopic (exact) mass is 395 g/mol. The quantitative estimate of drug-likeness (QED) is 0.726. The minimum Gasteiger partial charge on any atom is -0.325 e. The molecular formula is C17H16F3N5O3. The van der Waals surface area contributed by atoms with E-state index in [1.807, 2.05) is 0 Å². The van der Waals surface area contributed by atoms with Gasteiger partial charge in [-0.05, 0) is 24.6 Å². The summed E-state index contributed by atoms with van der Waals surface area (Å²) >= 11 is 0. The van der Waals surface area contributed by atoms with Crippen molar-refractivity contribution in [3.05, 3.63) is 56.5 Å². The van der Waals surface area contributed by atoms with Crippen LogP contribution in [0, 0.1) is 6.92 Å². The number of hydrogen-bond acceptors (Lipinski definition) is 4. The Kier molecular flexibility index (Phi) is 4.61. The first kappa shape index (κ1) is 19.4. The Bertz CT molecular complexity index is 1200. The van der Waals surface area contributed by atoms with Gasteiger partial charge in [-0.2, -0.15) is 13.2 Å². The summed E-state index contributed by atoms with van der Waals surface area (Å²) in [6.07, 6.45) is -3.32. The van der Waals surface area contributed by atoms with Crippen molar-refractivity contribution in [3.8, 4) is 0 Å². The van der Waals surface area contributed by atoms with Gasteiger partial charge in [0.05, 0.1) is 11.9 Å². The molecule has 28 heavy (non-hydrogen) atoms. The number of imidazole rings is 1. The van der Waals surface area contributed by atoms with E-state index in [0.717, 1.165) is 10.6 Å². The number of aromatic nitrogens is 4. The molecule has 148 valence electrons. The Morgan fingerprint density at radius 1 is 1.18 bits per heavy atom. The fourth-order valence-electron chi connectivity index (χ4n) is 2.88. The van der Waals surface area contributed by atoms with Crippen molar-refractivity contribution in [1.29, 1.82) is 0 Å². The number of nitrogens with zero attached hydrogens (tertiary/aromatic N) is 4. The van der Waals surface area contributed by atoms with E-state index in [9.17, 15) is 27.6 Å². The molecule has 2 heterocycles. The van der Waals surface area contributed by atoms with Crippen LogP contribution in [0.15, 0.2) is 34.1 Å². The van der Waals surface area contributed by atoms with Crippen LogP contribution in [0.1, 0.15) is 11.1 Å². The first-order valence-electron chi connectivity index (χ1n) is 8.09. The molecular weight excluding hydrogens is 379 g/mol. The highest BCUT2D eigenvalue weighted by molar-refractivity contribution is 5.91. The second-order valence-corrected chi connectivity index (χ2v) is 6.33. The standard InChI is InChI=1S/C17H16F3N5O3/c1-9-4-5-10(6-11(9)17(18,19)20)22-12(26)7-25-8-21-14-13(25)15(27)24(3)16(28)23(14)2/h4-6,8H,7H2,1-3H3,(H,22,26). The van der Waals surface area contributed by atoms with Crippen molar-refractivity contribution >= 4 is 22.8 Å². The second kappa shape index (κ2) is 6.66. The summed E-state index contributed by atoms with van der Waals surface area (Å²) in [6.45, 7) is 0.964. The molecule has 8 nitrogen and oxygen atoms in total. The minimum atomic E-state index is -4.54. The number of hydrogen-bond donors (Lipinski definition) is 1. The first-order chi connectivity index (χ1) is 13.0. The summed E-state index contributed by atoms with van der Waals surface area (Å²) in [5.41, 5.74) is -1.87. The van der Waals surface area contributed by atoms with Crippen LogP contribution in [0.3, 0.4) is 0 Å². The Morgan fingerprint density at radius 2 is 1.86 bits per heavy atom. The average molecular weight is 395 g/mol. The van der Waals surface area contributed by atoms with Crippen molar-refractivity contribution in [2.75, 3.05) is 5.32 Å². The number of alkyl halides is 3. The van der Waals surface area contributed by atoms with E-state index in [2.05, 4.69) is 10.3 Å². The highest BCUT2D eigenvalue weighted by atomic mass is 19.4. The van der Waals surface area contributed by atoms with Crippen LogP contribution >= 0.6 is 0 Å². The average Bonchev–Trinajstić information content (AvgIpc) is 3.02. The van der Waals surface area contributed by atoms with Gasteiger partial charge < -0.3 is 9.88 Å². The van der Waals surface area contributed by atoms with Crippen LogP contribution < -0.4 is 16.6 Å². The molecule has 3 rings (SSSR count). The lowest BCUT2D eigenvalue weighted by Crippen LogP contribution is -2.37. The van der Waals surface area contributed by atoms with Gasteiger partial charge in [-0.3, -0.25) is 18.7 Å². The topological polar surface area (TPSA) is 90.9 Å². The summed E-state index contributed by atoms with van der Waals surface area (Å²) in [4.78, 5) is 40.6. The number of carbonyl (C=O) groups is 1. The van der Waals surface area contributed by atoms with E-state index in [0.29, 0.717) is 0 Å². The molecule has 0 saturated carbocycles. The number of amides is 1. The van der Waals surface area contributed by atoms with Crippen LogP contribution in [-0.2, 0) is 31.6 Å². The van der Waals surface area contributed by atoms with Gasteiger partial charge in [-0.15, -0.1) is 0 Å². The molecule has 0 saturated heterocycles. The maximum Gasteiger partial charge on any atom is 0.416 e. The lowest BCUT2D eigenvalue weighted by molar-refractivity contribution is -0.138. The third kappa shape index (κ3) is 3.30. The highest BCUT2D eigenvalue weighted by Crippen LogP contribution is 2.33. The van der Waals surface area contributed by atoms with E-state index in [-0.39, 0.29) is 29.0 Å². The predicted molar refractivity (Wildman–Crippen MR) is 95.0 cm³/mol. The van der Waals surface area contributed by atoms with E-state index in [4.69, 9.17) is 0 Å². The van der Waals surface area contributed by atoms with Gasteiger partial charge in [0, 0.05) is 19.8 Å². The zero-order valence-electron chi connectivity index (χ0n) is 15.2. The number of benzene rings is 1. The number of rotatable bonds is 3. The lowest BCUT2D eigenvalue weighted by Gasteiger charge is -2.13. The van der Waals surface area contributed by atoms with Crippen molar-refractivity contribution in [2.45, 2.75) is 19.6 Å². The van der Waals surface area contributed by atoms with Gasteiger partial charge in [0.25, 0.3) is 5.56 Å². The number of aryl methyl sites for hydroxylation is 2. The number of halogens is 3. The Hall–Kier alpha value is -3.37. The summed E-state index contributed by atoms with van der Waals surface area (Å²) < 4.78 is 42.3. The zero-order chi connectivity index (χ0) is 20.8. The Balaban J connectivity index is 1.91. The summed E-state index contributed by atoms with van der Waals surface area (Å²) in [6, 6.07) is 3.47. The smallest absolute Gasteiger partial charge is 0.325 e. The van der Waals surface area contributed by atoms with Crippen molar-refractivity contribution in [3.63, 3.8) is 0 Å². The molecule has 11 heteroatoms. The molecule has 0 aliphatic rings. The second-order valence-electron chi connectivity index (χ2n) is 6.33. The summed E-state index contributed by atoms with van der Waals surface area (Å²) in [7, 11) is 2.74. The van der Waals surface area contributed by atoms with Crippen LogP contribution in [0.25, 0.3) is 11.2 Å². The summed E-state index contributed by atoms with van der Waals surface area (Å²) in [5, 5.41) is 2.38. The highest BCUT2D eigenvalue weighted by Gasteiger charge is 2.32. The van der Waals surface area contributed by atoms with Gasteiger partial charge in [0.15, 0.2) is 11.2 Å². The van der Waals surface area contributed by atoms with Gasteiger partial charge >= 0.3 is 11.9 Å². The predicted octanol–water partition coefficient (Wildman–Crippen LogP) is 1.40. The number of anilines is 1. The van der Waals surface area contributed by atoms with Gasteiger partial charge in [-0.1, -0.05) is 6.07 Å². The maximum atomic E-state index is 13.0. The van der Waals surface area contributed by atoms with Crippen LogP contribution in [0.5, 0.6) is 0 Å². The molecule has 1 aromatic carbocycles. The molecule has 0 bridgehead atoms. The zero-order valence-corrected chi connectivity index (χ0v) is 15.2. The van der Waals surface area contributed by atoms with Crippen molar-refractivity contribution < 1.29 is 18.0 Å². The largest absolute Gasteiger partial charge is 0.416 e. The molecule has 0 aliphatic carbocycles. The van der Waals surface area contributed by atoms with Crippen LogP contribution in [-0.4, -0.2) is 24.6 Å². The lowest BCUT2D eigenvalue weighted by atomic mass is 10.1. The van der Waals surface area contributed by atoms with E-state index in [1.54, 1.807) is 0 Å². The molecule has 2 aromatic heterocycles. The fraction of sp³-hybridized carbons (Fsp3) is 0.294. The molecule has 0 fully saturated rings. The van der Waals surface area contributed by atoms with Gasteiger partial charge in [0.1, 0.15) is 6.54 Å². The first-order valence-corrected chi connectivity index (χ1v) is 8.09. The van der Waals surface area contributed by atoms with Crippen LogP contribution in [0.4, 0.5) is 18.9 Å². The molecule has 0 atom stereocenters. The van der Waals surface area contributed by atoms with Gasteiger partial charge in [-0.25, -0.2) is 9.78 Å². The molecule has 0 spiro atoms. The van der Waals surface area contributed by atoms with E-state index >= 15 is 0 Å². The van der Waals surface area contributed by atoms with Crippen molar-refractivity contribution in [2.24, 2.45) is 14.1 Å². The minimum absolute atomic E-state index is 0.0207. The number of fused-ring (bicyclic) bond motifs is 1. The normalized spacial score (nSPS) is 11.8. The maximum absolute atomic E-state index is 13.0. The molecule has 3 aromatic rings. The summed E-state index contributed by atoms with van der Waals surface area (Å²) in [5.74, 6) is -0.646. The Morgan fingerprint density at radius 3 is 2.50 bits per heavy atom. The van der Waals surface area contributed by atoms with Crippen molar-refractivity contribution in [1.82, 2.24) is 18.7 Å². The van der Waals surface area contributed by atoms with E-state index in [1.165, 1.54) is 48.6 Å². The fourth-order valence-corrected chi connectivity index (χ4v) is 2.88. The SMILES string of the molecule is Cc1ccc(NC(=O)Cn2cnc3c2c(=O)n(C)c(=O)n3C)cc1C(F)(F)F. The number of carbonyl (C=O) groups excluding carboxylic acids is 1.